The Morgan fingerprint density at radius 3 is 2.05 bits per heavy atom. The van der Waals surface area contributed by atoms with Crippen molar-refractivity contribution in [2.24, 2.45) is 0 Å². The molecule has 5 aromatic rings. The van der Waals surface area contributed by atoms with E-state index in [0.29, 0.717) is 17.5 Å². The minimum absolute atomic E-state index is 0. The average Bonchev–Trinajstić information content (AvgIpc) is 3.36. The van der Waals surface area contributed by atoms with E-state index < -0.39 is 0 Å². The van der Waals surface area contributed by atoms with Crippen LogP contribution >= 0.6 is 0 Å². The second-order valence-electron chi connectivity index (χ2n) is 10.7. The fourth-order valence-corrected chi connectivity index (χ4v) is 4.41. The van der Waals surface area contributed by atoms with Gasteiger partial charge in [-0.1, -0.05) is 76.2 Å². The van der Waals surface area contributed by atoms with E-state index in [-0.39, 0.29) is 31.6 Å². The molecule has 0 aliphatic rings. The Morgan fingerprint density at radius 2 is 1.49 bits per heavy atom. The van der Waals surface area contributed by atoms with Crippen LogP contribution in [0.2, 0.25) is 0 Å². The van der Waals surface area contributed by atoms with Gasteiger partial charge in [0, 0.05) is 37.1 Å². The number of nitrogens with zero attached hydrogens (tertiary/aromatic N) is 1. The largest absolute Gasteiger partial charge is 0.512 e. The summed E-state index contributed by atoms with van der Waals surface area (Å²) in [5.41, 5.74) is 8.58. The number of fused-ring (bicyclic) bond motifs is 1. The molecule has 2 aromatic heterocycles. The van der Waals surface area contributed by atoms with Gasteiger partial charge in [0.2, 0.25) is 5.71 Å². The standard InChI is InChI=1S/C31H28NO.C5H8O2.Ir/c1-20(2)26-16-27(21(3)4)18-28(17-26)30-19-25-13-14-29(32-31(25)33-30)24-12-8-11-23(15-24)22-9-6-5-7-10-22;1-4(6)3-5(2)7;/h5-11,13-21H,1-4H3;3,6H,1-2H3;/q-1;;/b;4-3-;. The van der Waals surface area contributed by atoms with Crippen molar-refractivity contribution in [3.8, 4) is 33.7 Å². The summed E-state index contributed by atoms with van der Waals surface area (Å²) >= 11 is 0. The van der Waals surface area contributed by atoms with Crippen molar-refractivity contribution in [2.45, 2.75) is 53.4 Å². The maximum absolute atomic E-state index is 10.0. The third-order valence-electron chi connectivity index (χ3n) is 6.58. The van der Waals surface area contributed by atoms with Gasteiger partial charge in [-0.15, -0.1) is 35.4 Å². The topological polar surface area (TPSA) is 63.3 Å². The first-order chi connectivity index (χ1) is 19.1. The fourth-order valence-electron chi connectivity index (χ4n) is 4.41. The van der Waals surface area contributed by atoms with Gasteiger partial charge in [0.25, 0.3) is 0 Å². The summed E-state index contributed by atoms with van der Waals surface area (Å²) < 4.78 is 6.28. The van der Waals surface area contributed by atoms with Crippen LogP contribution in [0.5, 0.6) is 0 Å². The molecule has 3 aromatic carbocycles. The average molecular weight is 723 g/mol. The number of pyridine rings is 1. The summed E-state index contributed by atoms with van der Waals surface area (Å²) in [4.78, 5) is 14.9. The monoisotopic (exact) mass is 723 g/mol. The molecule has 0 saturated carbocycles. The summed E-state index contributed by atoms with van der Waals surface area (Å²) in [6, 6.07) is 32.9. The van der Waals surface area contributed by atoms with E-state index in [4.69, 9.17) is 14.5 Å². The molecule has 0 bridgehead atoms. The van der Waals surface area contributed by atoms with E-state index in [1.54, 1.807) is 0 Å². The van der Waals surface area contributed by atoms with Crippen LogP contribution < -0.4 is 0 Å². The van der Waals surface area contributed by atoms with Crippen LogP contribution in [-0.2, 0) is 24.9 Å². The molecule has 0 aliphatic carbocycles. The number of aliphatic hydroxyl groups excluding tert-OH is 1. The molecule has 0 atom stereocenters. The maximum atomic E-state index is 10.0. The Labute approximate surface area is 256 Å². The van der Waals surface area contributed by atoms with Crippen molar-refractivity contribution < 1.29 is 34.4 Å². The SMILES string of the molecule is CC(=O)/C=C(/C)O.CC(C)c1cc(-c2cc3ccc(-c4[c-]ccc(-c5ccccc5)c4)nc3o2)cc(C(C)C)c1.[Ir]. The first-order valence-corrected chi connectivity index (χ1v) is 13.6. The van der Waals surface area contributed by atoms with Gasteiger partial charge in [0.1, 0.15) is 5.76 Å². The van der Waals surface area contributed by atoms with Crippen LogP contribution in [0.25, 0.3) is 44.8 Å². The van der Waals surface area contributed by atoms with Gasteiger partial charge < -0.3 is 9.52 Å². The van der Waals surface area contributed by atoms with Crippen molar-refractivity contribution in [2.75, 3.05) is 0 Å². The van der Waals surface area contributed by atoms with Gasteiger partial charge in [-0.2, -0.15) is 0 Å². The number of hydrogen-bond donors (Lipinski definition) is 1. The van der Waals surface area contributed by atoms with Crippen LogP contribution in [0.15, 0.2) is 101 Å². The van der Waals surface area contributed by atoms with Crippen molar-refractivity contribution in [1.82, 2.24) is 4.98 Å². The molecule has 2 heterocycles. The summed E-state index contributed by atoms with van der Waals surface area (Å²) in [6.45, 7) is 11.8. The van der Waals surface area contributed by atoms with E-state index >= 15 is 0 Å². The van der Waals surface area contributed by atoms with E-state index in [2.05, 4.69) is 100 Å². The second-order valence-corrected chi connectivity index (χ2v) is 10.7. The number of rotatable bonds is 6. The van der Waals surface area contributed by atoms with Gasteiger partial charge in [0.15, 0.2) is 5.78 Å². The molecule has 5 heteroatoms. The minimum atomic E-state index is -0.125. The van der Waals surface area contributed by atoms with Gasteiger partial charge in [0.05, 0.1) is 5.76 Å². The molecule has 0 amide bonds. The van der Waals surface area contributed by atoms with Crippen LogP contribution in [0, 0.1) is 6.07 Å². The van der Waals surface area contributed by atoms with E-state index in [1.807, 2.05) is 18.2 Å². The second kappa shape index (κ2) is 14.2. The molecule has 0 aliphatic heterocycles. The summed E-state index contributed by atoms with van der Waals surface area (Å²) in [7, 11) is 0. The van der Waals surface area contributed by atoms with Crippen molar-refractivity contribution >= 4 is 16.9 Å². The molecule has 0 fully saturated rings. The van der Waals surface area contributed by atoms with E-state index in [9.17, 15) is 4.79 Å². The van der Waals surface area contributed by atoms with Crippen LogP contribution in [0.4, 0.5) is 0 Å². The quantitative estimate of drug-likeness (QED) is 0.108. The predicted octanol–water partition coefficient (Wildman–Crippen LogP) is 9.91. The zero-order valence-corrected chi connectivity index (χ0v) is 26.8. The zero-order chi connectivity index (χ0) is 28.8. The summed E-state index contributed by atoms with van der Waals surface area (Å²) in [5.74, 6) is 1.72. The number of furan rings is 1. The summed E-state index contributed by atoms with van der Waals surface area (Å²) in [5, 5.41) is 9.37. The Balaban J connectivity index is 0.000000516. The Morgan fingerprint density at radius 1 is 0.829 bits per heavy atom. The van der Waals surface area contributed by atoms with Crippen molar-refractivity contribution in [1.29, 1.82) is 0 Å². The van der Waals surface area contributed by atoms with Crippen LogP contribution in [-0.4, -0.2) is 15.9 Å². The molecule has 0 unspecified atom stereocenters. The van der Waals surface area contributed by atoms with E-state index in [0.717, 1.165) is 33.5 Å². The van der Waals surface area contributed by atoms with E-state index in [1.165, 1.54) is 36.6 Å². The number of aliphatic hydroxyl groups is 1. The van der Waals surface area contributed by atoms with Crippen LogP contribution in [0.3, 0.4) is 0 Å². The number of carbonyl (C=O) groups excluding carboxylic acids is 1. The molecule has 0 saturated heterocycles. The Bertz CT molecular complexity index is 1620. The molecule has 1 radical (unpaired) electrons. The number of ketones is 1. The number of benzene rings is 3. The third-order valence-corrected chi connectivity index (χ3v) is 6.58. The van der Waals surface area contributed by atoms with Crippen LogP contribution in [0.1, 0.15) is 64.5 Å². The minimum Gasteiger partial charge on any atom is -0.512 e. The first kappa shape index (κ1) is 31.7. The van der Waals surface area contributed by atoms with Gasteiger partial charge in [-0.05, 0) is 66.3 Å². The van der Waals surface area contributed by atoms with Gasteiger partial charge >= 0.3 is 0 Å². The zero-order valence-electron chi connectivity index (χ0n) is 24.4. The van der Waals surface area contributed by atoms with Crippen molar-refractivity contribution in [3.05, 3.63) is 114 Å². The van der Waals surface area contributed by atoms with Crippen molar-refractivity contribution in [3.63, 3.8) is 0 Å². The number of allylic oxidation sites excluding steroid dienone is 2. The smallest absolute Gasteiger partial charge is 0.217 e. The molecular weight excluding hydrogens is 687 g/mol. The summed E-state index contributed by atoms with van der Waals surface area (Å²) in [6.07, 6.45) is 1.17. The molecule has 5 rings (SSSR count). The molecule has 4 nitrogen and oxygen atoms in total. The number of hydrogen-bond acceptors (Lipinski definition) is 4. The normalized spacial score (nSPS) is 11.3. The Kier molecular flexibility index (Phi) is 11.0. The molecule has 1 N–H and O–H groups in total. The Hall–Kier alpha value is -3.79. The maximum Gasteiger partial charge on any atom is 0.217 e. The number of carbonyl (C=O) groups is 1. The van der Waals surface area contributed by atoms with Gasteiger partial charge in [-0.3, -0.25) is 9.78 Å². The molecular formula is C36H36IrNO3-. The molecule has 41 heavy (non-hydrogen) atoms. The third kappa shape index (κ3) is 8.36. The predicted molar refractivity (Wildman–Crippen MR) is 164 cm³/mol. The van der Waals surface area contributed by atoms with Gasteiger partial charge in [-0.25, -0.2) is 0 Å². The number of aromatic nitrogens is 1. The first-order valence-electron chi connectivity index (χ1n) is 13.6. The fraction of sp³-hybridized carbons (Fsp3) is 0.222. The molecule has 0 spiro atoms. The molecule has 213 valence electrons.